The molecule has 0 aliphatic heterocycles. The molecule has 2 rings (SSSR count). The summed E-state index contributed by atoms with van der Waals surface area (Å²) in [4.78, 5) is 4.04. The number of hydrogen-bond donors (Lipinski definition) is 0. The fourth-order valence-corrected chi connectivity index (χ4v) is 2.29. The predicted octanol–water partition coefficient (Wildman–Crippen LogP) is 2.58. The molecule has 0 saturated heterocycles. The van der Waals surface area contributed by atoms with E-state index in [1.807, 2.05) is 0 Å². The normalized spacial score (nSPS) is 11.0. The Bertz CT molecular complexity index is 578. The van der Waals surface area contributed by atoms with E-state index in [0.717, 1.165) is 5.39 Å². The van der Waals surface area contributed by atoms with Crippen LogP contribution in [0.1, 0.15) is 0 Å². The lowest BCUT2D eigenvalue weighted by Crippen LogP contribution is -1.93. The van der Waals surface area contributed by atoms with Gasteiger partial charge in [0.05, 0.1) is 5.52 Å². The molecular formula is C9H7Cl2NO2S. The summed E-state index contributed by atoms with van der Waals surface area (Å²) in [5.74, 6) is 0. The molecule has 0 N–H and O–H groups in total. The van der Waals surface area contributed by atoms with Crippen LogP contribution in [-0.2, 0) is 9.05 Å². The van der Waals surface area contributed by atoms with Crippen LogP contribution in [-0.4, -0.2) is 13.4 Å². The second kappa shape index (κ2) is 4.35. The summed E-state index contributed by atoms with van der Waals surface area (Å²) in [6, 6.07) is 8.39. The summed E-state index contributed by atoms with van der Waals surface area (Å²) in [7, 11) is 1.55. The van der Waals surface area contributed by atoms with Crippen LogP contribution in [0.25, 0.3) is 10.9 Å². The van der Waals surface area contributed by atoms with Crippen molar-refractivity contribution in [2.24, 2.45) is 0 Å². The molecule has 80 valence electrons. The monoisotopic (exact) mass is 263 g/mol. The molecule has 15 heavy (non-hydrogen) atoms. The number of para-hydroxylation sites is 1. The first-order valence-corrected chi connectivity index (χ1v) is 6.18. The Morgan fingerprint density at radius 3 is 2.47 bits per heavy atom. The second-order valence-corrected chi connectivity index (χ2v) is 5.30. The lowest BCUT2D eigenvalue weighted by atomic mass is 10.2. The molecule has 0 radical (unpaired) electrons. The number of pyridine rings is 1. The van der Waals surface area contributed by atoms with Crippen molar-refractivity contribution in [1.82, 2.24) is 4.98 Å². The molecule has 0 spiro atoms. The fraction of sp³-hybridized carbons (Fsp3) is 0. The Labute approximate surface area is 97.9 Å². The van der Waals surface area contributed by atoms with E-state index in [-0.39, 0.29) is 17.3 Å². The van der Waals surface area contributed by atoms with Crippen molar-refractivity contribution in [1.29, 1.82) is 0 Å². The van der Waals surface area contributed by atoms with Crippen LogP contribution >= 0.6 is 23.1 Å². The first kappa shape index (κ1) is 12.2. The van der Waals surface area contributed by atoms with Gasteiger partial charge in [-0.3, -0.25) is 4.98 Å². The molecule has 0 aliphatic carbocycles. The number of nitrogens with zero attached hydrogens (tertiary/aromatic N) is 1. The highest BCUT2D eigenvalue weighted by molar-refractivity contribution is 8.14. The standard InChI is InChI=1S/C9H6ClNO2S.ClH/c10-14(12,13)8-5-1-3-7-4-2-6-11-9(7)8;/h1-6H;1H. The summed E-state index contributed by atoms with van der Waals surface area (Å²) in [5.41, 5.74) is 0.407. The molecule has 0 amide bonds. The van der Waals surface area contributed by atoms with Crippen molar-refractivity contribution in [3.8, 4) is 0 Å². The first-order chi connectivity index (χ1) is 6.59. The molecule has 6 heteroatoms. The summed E-state index contributed by atoms with van der Waals surface area (Å²) in [6.07, 6.45) is 1.54. The molecule has 2 aromatic rings. The van der Waals surface area contributed by atoms with E-state index < -0.39 is 9.05 Å². The lowest BCUT2D eigenvalue weighted by molar-refractivity contribution is 0.610. The van der Waals surface area contributed by atoms with E-state index in [0.29, 0.717) is 5.52 Å². The van der Waals surface area contributed by atoms with Crippen LogP contribution in [0.4, 0.5) is 0 Å². The van der Waals surface area contributed by atoms with Crippen LogP contribution in [0.3, 0.4) is 0 Å². The highest BCUT2D eigenvalue weighted by Crippen LogP contribution is 2.23. The van der Waals surface area contributed by atoms with Crippen LogP contribution in [0.2, 0.25) is 0 Å². The summed E-state index contributed by atoms with van der Waals surface area (Å²) in [5, 5.41) is 0.759. The average Bonchev–Trinajstić information content (AvgIpc) is 2.15. The van der Waals surface area contributed by atoms with Crippen molar-refractivity contribution in [2.45, 2.75) is 4.90 Å². The molecular weight excluding hydrogens is 257 g/mol. The Morgan fingerprint density at radius 2 is 1.80 bits per heavy atom. The van der Waals surface area contributed by atoms with Crippen molar-refractivity contribution < 1.29 is 8.42 Å². The van der Waals surface area contributed by atoms with E-state index in [9.17, 15) is 8.42 Å². The third-order valence-electron chi connectivity index (χ3n) is 1.86. The highest BCUT2D eigenvalue weighted by Gasteiger charge is 2.13. The molecule has 0 aliphatic rings. The van der Waals surface area contributed by atoms with Crippen molar-refractivity contribution in [2.75, 3.05) is 0 Å². The zero-order valence-corrected chi connectivity index (χ0v) is 9.81. The molecule has 0 bridgehead atoms. The maximum Gasteiger partial charge on any atom is 0.263 e. The zero-order valence-electron chi connectivity index (χ0n) is 7.42. The Morgan fingerprint density at radius 1 is 1.13 bits per heavy atom. The smallest absolute Gasteiger partial charge is 0.255 e. The Kier molecular flexibility index (Phi) is 3.54. The molecule has 1 heterocycles. The largest absolute Gasteiger partial charge is 0.263 e. The van der Waals surface area contributed by atoms with Gasteiger partial charge in [0, 0.05) is 22.3 Å². The van der Waals surface area contributed by atoms with Crippen molar-refractivity contribution in [3.05, 3.63) is 36.5 Å². The molecule has 0 unspecified atom stereocenters. The van der Waals surface area contributed by atoms with E-state index in [4.69, 9.17) is 10.7 Å². The summed E-state index contributed by atoms with van der Waals surface area (Å²) in [6.45, 7) is 0. The van der Waals surface area contributed by atoms with Gasteiger partial charge in [-0.25, -0.2) is 8.42 Å². The summed E-state index contributed by atoms with van der Waals surface area (Å²) < 4.78 is 22.3. The van der Waals surface area contributed by atoms with Crippen LogP contribution in [0.15, 0.2) is 41.4 Å². The molecule has 1 aromatic heterocycles. The summed E-state index contributed by atoms with van der Waals surface area (Å²) >= 11 is 0. The quantitative estimate of drug-likeness (QED) is 0.744. The van der Waals surface area contributed by atoms with Gasteiger partial charge in [0.2, 0.25) is 0 Å². The van der Waals surface area contributed by atoms with Gasteiger partial charge in [-0.2, -0.15) is 0 Å². The van der Waals surface area contributed by atoms with Crippen molar-refractivity contribution >= 4 is 43.0 Å². The number of rotatable bonds is 1. The van der Waals surface area contributed by atoms with Gasteiger partial charge in [0.25, 0.3) is 9.05 Å². The maximum atomic E-state index is 11.2. The minimum Gasteiger partial charge on any atom is -0.255 e. The van der Waals surface area contributed by atoms with E-state index in [1.54, 1.807) is 24.3 Å². The van der Waals surface area contributed by atoms with Gasteiger partial charge in [0.15, 0.2) is 0 Å². The molecule has 1 aromatic carbocycles. The molecule has 0 atom stereocenters. The van der Waals surface area contributed by atoms with Crippen LogP contribution in [0.5, 0.6) is 0 Å². The zero-order chi connectivity index (χ0) is 10.2. The minimum absolute atomic E-state index is 0. The lowest BCUT2D eigenvalue weighted by Gasteiger charge is -2.00. The fourth-order valence-electron chi connectivity index (χ4n) is 1.27. The van der Waals surface area contributed by atoms with Gasteiger partial charge in [-0.15, -0.1) is 12.4 Å². The molecule has 0 fully saturated rings. The SMILES string of the molecule is Cl.O=S(=O)(Cl)c1cccc2cccnc12. The average molecular weight is 264 g/mol. The number of fused-ring (bicyclic) bond motifs is 1. The Hall–Kier alpha value is -0.840. The van der Waals surface area contributed by atoms with Crippen LogP contribution in [0, 0.1) is 0 Å². The third kappa shape index (κ3) is 2.40. The predicted molar refractivity (Wildman–Crippen MR) is 62.0 cm³/mol. The molecule has 3 nitrogen and oxygen atoms in total. The van der Waals surface area contributed by atoms with E-state index >= 15 is 0 Å². The minimum atomic E-state index is -3.72. The van der Waals surface area contributed by atoms with Gasteiger partial charge in [-0.1, -0.05) is 18.2 Å². The topological polar surface area (TPSA) is 47.0 Å². The first-order valence-electron chi connectivity index (χ1n) is 3.87. The maximum absolute atomic E-state index is 11.2. The number of hydrogen-bond acceptors (Lipinski definition) is 3. The highest BCUT2D eigenvalue weighted by atomic mass is 35.7. The van der Waals surface area contributed by atoms with Crippen LogP contribution < -0.4 is 0 Å². The van der Waals surface area contributed by atoms with Crippen molar-refractivity contribution in [3.63, 3.8) is 0 Å². The van der Waals surface area contributed by atoms with Gasteiger partial charge < -0.3 is 0 Å². The Balaban J connectivity index is 0.00000112. The van der Waals surface area contributed by atoms with E-state index in [2.05, 4.69) is 4.98 Å². The van der Waals surface area contributed by atoms with E-state index in [1.165, 1.54) is 12.3 Å². The van der Waals surface area contributed by atoms with Gasteiger partial charge in [-0.05, 0) is 12.1 Å². The third-order valence-corrected chi connectivity index (χ3v) is 3.21. The van der Waals surface area contributed by atoms with Gasteiger partial charge >= 0.3 is 0 Å². The molecule has 0 saturated carbocycles. The van der Waals surface area contributed by atoms with Gasteiger partial charge in [0.1, 0.15) is 4.90 Å². The second-order valence-electron chi connectivity index (χ2n) is 2.77. The number of aromatic nitrogens is 1. The number of halogens is 2. The number of benzene rings is 1.